The molecule has 0 radical (unpaired) electrons. The van der Waals surface area contributed by atoms with Crippen molar-refractivity contribution in [3.05, 3.63) is 35.1 Å². The molecular formula is C12H15FN2OS. The van der Waals surface area contributed by atoms with E-state index in [1.165, 1.54) is 12.1 Å². The van der Waals surface area contributed by atoms with Crippen LogP contribution in [0.4, 0.5) is 4.39 Å². The highest BCUT2D eigenvalue weighted by molar-refractivity contribution is 7.84. The lowest BCUT2D eigenvalue weighted by molar-refractivity contribution is 0.428. The molecule has 0 saturated carbocycles. The monoisotopic (exact) mass is 254 g/mol. The Morgan fingerprint density at radius 3 is 3.00 bits per heavy atom. The van der Waals surface area contributed by atoms with Gasteiger partial charge in [0.1, 0.15) is 11.7 Å². The summed E-state index contributed by atoms with van der Waals surface area (Å²) in [6.07, 6.45) is 2.47. The molecule has 5 heteroatoms. The molecule has 3 nitrogen and oxygen atoms in total. The van der Waals surface area contributed by atoms with Crippen molar-refractivity contribution in [1.29, 1.82) is 5.41 Å². The van der Waals surface area contributed by atoms with Gasteiger partial charge in [-0.25, -0.2) is 4.39 Å². The second-order valence-corrected chi connectivity index (χ2v) is 5.76. The van der Waals surface area contributed by atoms with Crippen LogP contribution in [0.1, 0.15) is 17.5 Å². The normalized spacial score (nSPS) is 16.1. The van der Waals surface area contributed by atoms with Gasteiger partial charge in [0, 0.05) is 41.5 Å². The molecule has 1 aromatic rings. The predicted octanol–water partition coefficient (Wildman–Crippen LogP) is 1.74. The number of hydrogen-bond acceptors (Lipinski definition) is 2. The third kappa shape index (κ3) is 2.72. The van der Waals surface area contributed by atoms with Crippen molar-refractivity contribution >= 4 is 16.6 Å². The molecule has 2 rings (SSSR count). The zero-order valence-electron chi connectivity index (χ0n) is 9.70. The van der Waals surface area contributed by atoms with Gasteiger partial charge in [0.25, 0.3) is 0 Å². The van der Waals surface area contributed by atoms with Gasteiger partial charge in [0.15, 0.2) is 0 Å². The Hall–Kier alpha value is -1.23. The van der Waals surface area contributed by atoms with Crippen LogP contribution in [0.2, 0.25) is 0 Å². The molecular weight excluding hydrogens is 239 g/mol. The summed E-state index contributed by atoms with van der Waals surface area (Å²) < 4.78 is 24.0. The third-order valence-electron chi connectivity index (χ3n) is 2.86. The number of nitrogens with zero attached hydrogens (tertiary/aromatic N) is 1. The first-order valence-electron chi connectivity index (χ1n) is 5.50. The summed E-state index contributed by atoms with van der Waals surface area (Å²) in [6, 6.07) is 4.57. The highest BCUT2D eigenvalue weighted by Crippen LogP contribution is 2.23. The van der Waals surface area contributed by atoms with E-state index in [9.17, 15) is 8.60 Å². The number of fused-ring (bicyclic) bond motifs is 1. The van der Waals surface area contributed by atoms with Crippen molar-refractivity contribution in [1.82, 2.24) is 4.90 Å². The van der Waals surface area contributed by atoms with E-state index in [0.717, 1.165) is 12.0 Å². The summed E-state index contributed by atoms with van der Waals surface area (Å²) in [5, 5.41) is 7.95. The molecule has 0 saturated heterocycles. The Kier molecular flexibility index (Phi) is 3.57. The van der Waals surface area contributed by atoms with Gasteiger partial charge >= 0.3 is 0 Å². The van der Waals surface area contributed by atoms with Crippen LogP contribution < -0.4 is 0 Å². The van der Waals surface area contributed by atoms with Crippen LogP contribution in [0.5, 0.6) is 0 Å². The summed E-state index contributed by atoms with van der Waals surface area (Å²) in [7, 11) is -0.788. The molecule has 1 N–H and O–H groups in total. The second kappa shape index (κ2) is 4.96. The van der Waals surface area contributed by atoms with Crippen LogP contribution in [0, 0.1) is 11.2 Å². The van der Waals surface area contributed by atoms with Crippen molar-refractivity contribution in [3.63, 3.8) is 0 Å². The molecule has 1 aliphatic heterocycles. The molecule has 1 heterocycles. The third-order valence-corrected chi connectivity index (χ3v) is 3.73. The highest BCUT2D eigenvalue weighted by atomic mass is 32.2. The Labute approximate surface area is 103 Å². The van der Waals surface area contributed by atoms with Gasteiger partial charge in [-0.05, 0) is 24.1 Å². The number of halogens is 1. The number of nitrogens with one attached hydrogen (secondary N) is 1. The van der Waals surface area contributed by atoms with Crippen LogP contribution in [-0.4, -0.2) is 33.5 Å². The first kappa shape index (κ1) is 12.2. The molecule has 1 unspecified atom stereocenters. The fraction of sp³-hybridized carbons (Fsp3) is 0.417. The van der Waals surface area contributed by atoms with Crippen molar-refractivity contribution < 1.29 is 8.60 Å². The van der Waals surface area contributed by atoms with Gasteiger partial charge in [-0.3, -0.25) is 9.62 Å². The Morgan fingerprint density at radius 1 is 1.53 bits per heavy atom. The minimum absolute atomic E-state index is 0.301. The predicted molar refractivity (Wildman–Crippen MR) is 67.2 cm³/mol. The standard InChI is InChI=1S/C12H15FN2OS/c1-17(16)6-2-5-15-8-9-3-4-10(13)7-11(9)12(15)14/h3-4,7,14H,2,5-6,8H2,1H3. The van der Waals surface area contributed by atoms with E-state index in [4.69, 9.17) is 5.41 Å². The van der Waals surface area contributed by atoms with Gasteiger partial charge in [0.05, 0.1) is 0 Å². The van der Waals surface area contributed by atoms with Gasteiger partial charge in [-0.1, -0.05) is 6.07 Å². The van der Waals surface area contributed by atoms with Gasteiger partial charge < -0.3 is 4.90 Å². The number of hydrogen-bond donors (Lipinski definition) is 1. The lowest BCUT2D eigenvalue weighted by atomic mass is 10.1. The molecule has 0 spiro atoms. The first-order valence-corrected chi connectivity index (χ1v) is 7.23. The largest absolute Gasteiger partial charge is 0.352 e. The maximum absolute atomic E-state index is 13.1. The molecule has 1 atom stereocenters. The average molecular weight is 254 g/mol. The van der Waals surface area contributed by atoms with Gasteiger partial charge in [0.2, 0.25) is 0 Å². The minimum atomic E-state index is -0.788. The molecule has 0 amide bonds. The van der Waals surface area contributed by atoms with E-state index in [1.54, 1.807) is 12.3 Å². The smallest absolute Gasteiger partial charge is 0.128 e. The van der Waals surface area contributed by atoms with E-state index in [-0.39, 0.29) is 5.82 Å². The Morgan fingerprint density at radius 2 is 2.29 bits per heavy atom. The topological polar surface area (TPSA) is 44.2 Å². The average Bonchev–Trinajstić information content (AvgIpc) is 2.56. The fourth-order valence-electron chi connectivity index (χ4n) is 2.01. The summed E-state index contributed by atoms with van der Waals surface area (Å²) >= 11 is 0. The molecule has 1 aromatic carbocycles. The second-order valence-electron chi connectivity index (χ2n) is 4.20. The van der Waals surface area contributed by atoms with Crippen molar-refractivity contribution in [3.8, 4) is 0 Å². The van der Waals surface area contributed by atoms with E-state index in [1.807, 2.05) is 4.90 Å². The maximum Gasteiger partial charge on any atom is 0.128 e. The lowest BCUT2D eigenvalue weighted by Gasteiger charge is -2.17. The SMILES string of the molecule is CS(=O)CCCN1Cc2ccc(F)cc2C1=N. The molecule has 0 bridgehead atoms. The molecule has 0 aliphatic carbocycles. The van der Waals surface area contributed by atoms with Gasteiger partial charge in [-0.15, -0.1) is 0 Å². The summed E-state index contributed by atoms with van der Waals surface area (Å²) in [6.45, 7) is 1.36. The van der Waals surface area contributed by atoms with Crippen molar-refractivity contribution in [2.45, 2.75) is 13.0 Å². The summed E-state index contributed by atoms with van der Waals surface area (Å²) in [5.74, 6) is 0.723. The summed E-state index contributed by atoms with van der Waals surface area (Å²) in [5.41, 5.74) is 1.68. The zero-order chi connectivity index (χ0) is 12.4. The van der Waals surface area contributed by atoms with Crippen LogP contribution in [-0.2, 0) is 17.3 Å². The van der Waals surface area contributed by atoms with Crippen LogP contribution >= 0.6 is 0 Å². The fourth-order valence-corrected chi connectivity index (χ4v) is 2.55. The molecule has 92 valence electrons. The molecule has 1 aliphatic rings. The van der Waals surface area contributed by atoms with E-state index in [0.29, 0.717) is 30.2 Å². The summed E-state index contributed by atoms with van der Waals surface area (Å²) in [4.78, 5) is 1.90. The van der Waals surface area contributed by atoms with Crippen LogP contribution in [0.15, 0.2) is 18.2 Å². The Balaban J connectivity index is 2.02. The molecule has 0 aromatic heterocycles. The lowest BCUT2D eigenvalue weighted by Crippen LogP contribution is -2.26. The molecule has 17 heavy (non-hydrogen) atoms. The van der Waals surface area contributed by atoms with Gasteiger partial charge in [-0.2, -0.15) is 0 Å². The number of benzene rings is 1. The van der Waals surface area contributed by atoms with Crippen molar-refractivity contribution in [2.75, 3.05) is 18.6 Å². The van der Waals surface area contributed by atoms with Crippen molar-refractivity contribution in [2.24, 2.45) is 0 Å². The quantitative estimate of drug-likeness (QED) is 0.889. The number of rotatable bonds is 4. The molecule has 0 fully saturated rings. The van der Waals surface area contributed by atoms with E-state index < -0.39 is 10.8 Å². The number of amidine groups is 1. The van der Waals surface area contributed by atoms with E-state index in [2.05, 4.69) is 0 Å². The van der Waals surface area contributed by atoms with Crippen LogP contribution in [0.25, 0.3) is 0 Å². The first-order chi connectivity index (χ1) is 8.08. The van der Waals surface area contributed by atoms with E-state index >= 15 is 0 Å². The highest BCUT2D eigenvalue weighted by Gasteiger charge is 2.23. The van der Waals surface area contributed by atoms with Crippen LogP contribution in [0.3, 0.4) is 0 Å². The zero-order valence-corrected chi connectivity index (χ0v) is 10.5. The Bertz CT molecular complexity index is 476. The minimum Gasteiger partial charge on any atom is -0.352 e. The maximum atomic E-state index is 13.1.